The fourth-order valence-electron chi connectivity index (χ4n) is 2.50. The van der Waals surface area contributed by atoms with Gasteiger partial charge in [-0.15, -0.1) is 0 Å². The van der Waals surface area contributed by atoms with Gasteiger partial charge in [-0.05, 0) is 48.0 Å². The van der Waals surface area contributed by atoms with Gasteiger partial charge in [0.2, 0.25) is 5.91 Å². The Kier molecular flexibility index (Phi) is 5.98. The van der Waals surface area contributed by atoms with Crippen molar-refractivity contribution in [3.05, 3.63) is 83.4 Å². The molecule has 4 N–H and O–H groups in total. The molecular weight excluding hydrogens is 377 g/mol. The maximum atomic E-state index is 13.0. The van der Waals surface area contributed by atoms with Gasteiger partial charge in [-0.2, -0.15) is 5.10 Å². The predicted molar refractivity (Wildman–Crippen MR) is 103 cm³/mol. The van der Waals surface area contributed by atoms with E-state index in [1.54, 1.807) is 48.7 Å². The summed E-state index contributed by atoms with van der Waals surface area (Å²) in [6, 6.07) is 13.9. The fraction of sp³-hybridized carbons (Fsp3) is 0.100. The summed E-state index contributed by atoms with van der Waals surface area (Å²) in [5, 5.41) is 9.32. The zero-order valence-corrected chi connectivity index (χ0v) is 15.3. The van der Waals surface area contributed by atoms with E-state index in [1.807, 2.05) is 0 Å². The lowest BCUT2D eigenvalue weighted by Crippen LogP contribution is -2.33. The summed E-state index contributed by atoms with van der Waals surface area (Å²) in [7, 11) is 0. The Bertz CT molecular complexity index is 1030. The van der Waals surface area contributed by atoms with Crippen LogP contribution >= 0.6 is 0 Å². The van der Waals surface area contributed by atoms with Crippen molar-refractivity contribution in [3.63, 3.8) is 0 Å². The van der Waals surface area contributed by atoms with E-state index >= 15 is 0 Å². The molecule has 0 atom stereocenters. The van der Waals surface area contributed by atoms with Crippen LogP contribution in [-0.4, -0.2) is 34.0 Å². The van der Waals surface area contributed by atoms with E-state index in [9.17, 15) is 18.8 Å². The van der Waals surface area contributed by atoms with Gasteiger partial charge < -0.3 is 16.4 Å². The van der Waals surface area contributed by atoms with Crippen molar-refractivity contribution in [3.8, 4) is 5.69 Å². The van der Waals surface area contributed by atoms with Crippen LogP contribution < -0.4 is 16.4 Å². The molecule has 0 unspecified atom stereocenters. The highest BCUT2D eigenvalue weighted by atomic mass is 19.1. The molecule has 0 aliphatic heterocycles. The van der Waals surface area contributed by atoms with Crippen molar-refractivity contribution in [1.29, 1.82) is 0 Å². The molecule has 0 radical (unpaired) electrons. The number of nitrogens with one attached hydrogen (secondary N) is 2. The summed E-state index contributed by atoms with van der Waals surface area (Å²) < 4.78 is 14.5. The Balaban J connectivity index is 1.56. The van der Waals surface area contributed by atoms with Crippen LogP contribution in [0.1, 0.15) is 26.4 Å². The van der Waals surface area contributed by atoms with Gasteiger partial charge >= 0.3 is 0 Å². The van der Waals surface area contributed by atoms with Crippen LogP contribution in [0, 0.1) is 5.82 Å². The van der Waals surface area contributed by atoms with E-state index in [4.69, 9.17) is 5.73 Å². The first kappa shape index (κ1) is 19.7. The first-order valence-electron chi connectivity index (χ1n) is 8.67. The number of benzene rings is 2. The molecule has 2 aromatic carbocycles. The lowest BCUT2D eigenvalue weighted by atomic mass is 10.1. The zero-order chi connectivity index (χ0) is 20.8. The maximum Gasteiger partial charge on any atom is 0.272 e. The van der Waals surface area contributed by atoms with Crippen LogP contribution in [0.15, 0.2) is 60.8 Å². The lowest BCUT2D eigenvalue weighted by Gasteiger charge is -2.06. The number of carbonyl (C=O) groups excluding carboxylic acids is 3. The van der Waals surface area contributed by atoms with Crippen LogP contribution in [0.25, 0.3) is 5.69 Å². The van der Waals surface area contributed by atoms with Crippen LogP contribution in [0.2, 0.25) is 0 Å². The van der Waals surface area contributed by atoms with Gasteiger partial charge in [-0.1, -0.05) is 12.1 Å². The van der Waals surface area contributed by atoms with E-state index in [0.29, 0.717) is 11.3 Å². The fourth-order valence-corrected chi connectivity index (χ4v) is 2.50. The minimum Gasteiger partial charge on any atom is -0.368 e. The molecule has 3 rings (SSSR count). The second-order valence-electron chi connectivity index (χ2n) is 6.15. The molecule has 1 heterocycles. The second kappa shape index (κ2) is 8.79. The van der Waals surface area contributed by atoms with Crippen molar-refractivity contribution in [1.82, 2.24) is 20.4 Å². The maximum absolute atomic E-state index is 13.0. The number of rotatable bonds is 7. The molecule has 29 heavy (non-hydrogen) atoms. The molecule has 0 saturated carbocycles. The highest BCUT2D eigenvalue weighted by Gasteiger charge is 2.11. The largest absolute Gasteiger partial charge is 0.368 e. The van der Waals surface area contributed by atoms with Crippen molar-refractivity contribution >= 4 is 17.7 Å². The topological polar surface area (TPSA) is 119 Å². The molecule has 148 valence electrons. The van der Waals surface area contributed by atoms with Crippen LogP contribution in [0.4, 0.5) is 4.39 Å². The quantitative estimate of drug-likeness (QED) is 0.556. The summed E-state index contributed by atoms with van der Waals surface area (Å²) in [6.45, 7) is 0.00658. The third-order valence-corrected chi connectivity index (χ3v) is 4.01. The molecule has 0 saturated heterocycles. The highest BCUT2D eigenvalue weighted by molar-refractivity contribution is 5.96. The van der Waals surface area contributed by atoms with Gasteiger partial charge in [0.05, 0.1) is 12.2 Å². The van der Waals surface area contributed by atoms with Crippen molar-refractivity contribution < 1.29 is 18.8 Å². The van der Waals surface area contributed by atoms with E-state index in [-0.39, 0.29) is 30.5 Å². The van der Waals surface area contributed by atoms with Crippen molar-refractivity contribution in [2.24, 2.45) is 5.73 Å². The predicted octanol–water partition coefficient (Wildman–Crippen LogP) is 1.16. The average molecular weight is 395 g/mol. The summed E-state index contributed by atoms with van der Waals surface area (Å²) >= 11 is 0. The summed E-state index contributed by atoms with van der Waals surface area (Å²) in [5.41, 5.74) is 6.99. The number of primary amides is 1. The smallest absolute Gasteiger partial charge is 0.272 e. The van der Waals surface area contributed by atoms with E-state index in [2.05, 4.69) is 15.7 Å². The van der Waals surface area contributed by atoms with Crippen molar-refractivity contribution in [2.75, 3.05) is 6.54 Å². The van der Waals surface area contributed by atoms with E-state index < -0.39 is 11.8 Å². The van der Waals surface area contributed by atoms with Gasteiger partial charge in [0.25, 0.3) is 11.8 Å². The molecule has 0 aliphatic rings. The summed E-state index contributed by atoms with van der Waals surface area (Å²) in [4.78, 5) is 34.8. The Hall–Kier alpha value is -4.01. The highest BCUT2D eigenvalue weighted by Crippen LogP contribution is 2.09. The molecule has 3 aromatic rings. The zero-order valence-electron chi connectivity index (χ0n) is 15.3. The number of aromatic nitrogens is 2. The second-order valence-corrected chi connectivity index (χ2v) is 6.15. The summed E-state index contributed by atoms with van der Waals surface area (Å²) in [6.07, 6.45) is 1.61. The first-order valence-corrected chi connectivity index (χ1v) is 8.67. The molecule has 8 nitrogen and oxygen atoms in total. The molecule has 0 bridgehead atoms. The van der Waals surface area contributed by atoms with Gasteiger partial charge in [-0.25, -0.2) is 9.07 Å². The Morgan fingerprint density at radius 1 is 0.931 bits per heavy atom. The lowest BCUT2D eigenvalue weighted by molar-refractivity contribution is -0.117. The average Bonchev–Trinajstić information content (AvgIpc) is 3.21. The molecule has 0 fully saturated rings. The van der Waals surface area contributed by atoms with Gasteiger partial charge in [0.15, 0.2) is 5.69 Å². The Morgan fingerprint density at radius 2 is 1.62 bits per heavy atom. The van der Waals surface area contributed by atoms with Gasteiger partial charge in [-0.3, -0.25) is 14.4 Å². The number of hydrogen-bond acceptors (Lipinski definition) is 4. The Labute approximate surface area is 165 Å². The number of carbonyl (C=O) groups is 3. The third kappa shape index (κ3) is 5.25. The number of hydrogen-bond donors (Lipinski definition) is 3. The number of nitrogens with two attached hydrogens (primary N) is 1. The minimum atomic E-state index is -0.625. The standard InChI is InChI=1S/C20H18FN5O3/c21-15-5-7-16(8-6-15)26-10-9-17(25-26)20(29)23-11-13-1-3-14(4-2-13)19(28)24-12-18(22)27/h1-10H,11-12H2,(H2,22,27)(H,23,29)(H,24,28). The van der Waals surface area contributed by atoms with Crippen LogP contribution in [0.3, 0.4) is 0 Å². The third-order valence-electron chi connectivity index (χ3n) is 4.01. The van der Waals surface area contributed by atoms with Crippen molar-refractivity contribution in [2.45, 2.75) is 6.54 Å². The molecule has 9 heteroatoms. The van der Waals surface area contributed by atoms with Gasteiger partial charge in [0.1, 0.15) is 5.82 Å². The minimum absolute atomic E-state index is 0.219. The molecule has 0 spiro atoms. The first-order chi connectivity index (χ1) is 13.9. The monoisotopic (exact) mass is 395 g/mol. The molecule has 0 aliphatic carbocycles. The molecule has 3 amide bonds. The Morgan fingerprint density at radius 3 is 2.28 bits per heavy atom. The molecular formula is C20H18FN5O3. The SMILES string of the molecule is NC(=O)CNC(=O)c1ccc(CNC(=O)c2ccn(-c3ccc(F)cc3)n2)cc1. The summed E-state index contributed by atoms with van der Waals surface area (Å²) in [5.74, 6) is -1.75. The van der Waals surface area contributed by atoms with E-state index in [1.165, 1.54) is 16.8 Å². The molecule has 1 aromatic heterocycles. The van der Waals surface area contributed by atoms with Gasteiger partial charge in [0, 0.05) is 18.3 Å². The normalized spacial score (nSPS) is 10.4. The number of amides is 3. The van der Waals surface area contributed by atoms with Crippen LogP contribution in [0.5, 0.6) is 0 Å². The number of nitrogens with zero attached hydrogens (tertiary/aromatic N) is 2. The van der Waals surface area contributed by atoms with Crippen LogP contribution in [-0.2, 0) is 11.3 Å². The number of halogens is 1. The van der Waals surface area contributed by atoms with E-state index in [0.717, 1.165) is 5.56 Å².